The van der Waals surface area contributed by atoms with Crippen LogP contribution < -0.4 is 5.32 Å². The molecule has 0 aromatic carbocycles. The van der Waals surface area contributed by atoms with Crippen LogP contribution in [0.2, 0.25) is 0 Å². The van der Waals surface area contributed by atoms with E-state index in [-0.39, 0.29) is 0 Å². The third-order valence-electron chi connectivity index (χ3n) is 2.65. The van der Waals surface area contributed by atoms with Crippen LogP contribution in [0.3, 0.4) is 0 Å². The fourth-order valence-electron chi connectivity index (χ4n) is 1.67. The SMILES string of the molecule is C1CCC(OCOC2CNC2)C1. The van der Waals surface area contributed by atoms with Gasteiger partial charge < -0.3 is 14.8 Å². The van der Waals surface area contributed by atoms with Crippen molar-refractivity contribution in [2.75, 3.05) is 19.9 Å². The molecule has 0 unspecified atom stereocenters. The summed E-state index contributed by atoms with van der Waals surface area (Å²) in [4.78, 5) is 0. The zero-order valence-corrected chi connectivity index (χ0v) is 7.42. The quantitative estimate of drug-likeness (QED) is 0.637. The molecule has 0 spiro atoms. The molecular formula is C9H17NO2. The second kappa shape index (κ2) is 4.21. The van der Waals surface area contributed by atoms with E-state index in [9.17, 15) is 0 Å². The number of rotatable bonds is 4. The van der Waals surface area contributed by atoms with Gasteiger partial charge in [-0.25, -0.2) is 0 Å². The predicted molar refractivity (Wildman–Crippen MR) is 46.0 cm³/mol. The van der Waals surface area contributed by atoms with Crippen LogP contribution in [-0.4, -0.2) is 32.1 Å². The molecule has 0 aromatic rings. The molecule has 70 valence electrons. The summed E-state index contributed by atoms with van der Waals surface area (Å²) in [5.41, 5.74) is 0. The predicted octanol–water partition coefficient (Wildman–Crippen LogP) is 0.891. The molecule has 1 saturated carbocycles. The maximum absolute atomic E-state index is 5.56. The molecule has 0 aromatic heterocycles. The third-order valence-corrected chi connectivity index (χ3v) is 2.65. The molecule has 2 fully saturated rings. The first-order chi connectivity index (χ1) is 5.95. The highest BCUT2D eigenvalue weighted by Crippen LogP contribution is 2.20. The molecule has 2 aliphatic rings. The van der Waals surface area contributed by atoms with Gasteiger partial charge in [-0.3, -0.25) is 0 Å². The van der Waals surface area contributed by atoms with Crippen molar-refractivity contribution in [2.45, 2.75) is 37.9 Å². The molecule has 0 radical (unpaired) electrons. The van der Waals surface area contributed by atoms with Gasteiger partial charge in [0.1, 0.15) is 6.79 Å². The molecule has 1 aliphatic heterocycles. The van der Waals surface area contributed by atoms with E-state index >= 15 is 0 Å². The van der Waals surface area contributed by atoms with Gasteiger partial charge in [-0.2, -0.15) is 0 Å². The average Bonchev–Trinajstić information content (AvgIpc) is 2.46. The van der Waals surface area contributed by atoms with Crippen LogP contribution in [0.5, 0.6) is 0 Å². The number of nitrogens with one attached hydrogen (secondary N) is 1. The summed E-state index contributed by atoms with van der Waals surface area (Å²) in [6.07, 6.45) is 6.01. The highest BCUT2D eigenvalue weighted by molar-refractivity contribution is 4.74. The van der Waals surface area contributed by atoms with E-state index in [0.717, 1.165) is 13.1 Å². The first-order valence-corrected chi connectivity index (χ1v) is 4.89. The molecule has 0 atom stereocenters. The summed E-state index contributed by atoms with van der Waals surface area (Å²) in [6.45, 7) is 2.49. The van der Waals surface area contributed by atoms with Crippen molar-refractivity contribution in [3.8, 4) is 0 Å². The Labute approximate surface area is 73.4 Å². The minimum absolute atomic E-state index is 0.409. The Bertz CT molecular complexity index is 130. The lowest BCUT2D eigenvalue weighted by molar-refractivity contribution is -0.126. The van der Waals surface area contributed by atoms with Crippen molar-refractivity contribution in [1.82, 2.24) is 5.32 Å². The lowest BCUT2D eigenvalue weighted by atomic mass is 10.2. The molecule has 1 aliphatic carbocycles. The van der Waals surface area contributed by atoms with Gasteiger partial charge >= 0.3 is 0 Å². The zero-order chi connectivity index (χ0) is 8.23. The van der Waals surface area contributed by atoms with Crippen LogP contribution in [-0.2, 0) is 9.47 Å². The van der Waals surface area contributed by atoms with Gasteiger partial charge in [-0.1, -0.05) is 12.8 Å². The Balaban J connectivity index is 1.49. The summed E-state index contributed by atoms with van der Waals surface area (Å²) >= 11 is 0. The average molecular weight is 171 g/mol. The lowest BCUT2D eigenvalue weighted by Crippen LogP contribution is -2.48. The first-order valence-electron chi connectivity index (χ1n) is 4.89. The van der Waals surface area contributed by atoms with Crippen molar-refractivity contribution in [3.63, 3.8) is 0 Å². The Hall–Kier alpha value is -0.120. The maximum atomic E-state index is 5.56. The summed E-state index contributed by atoms with van der Waals surface area (Å²) in [5.74, 6) is 0. The van der Waals surface area contributed by atoms with Gasteiger partial charge in [-0.05, 0) is 12.8 Å². The molecular weight excluding hydrogens is 154 g/mol. The molecule has 1 heterocycles. The van der Waals surface area contributed by atoms with Gasteiger partial charge in [0.25, 0.3) is 0 Å². The van der Waals surface area contributed by atoms with E-state index in [0.29, 0.717) is 19.0 Å². The molecule has 0 bridgehead atoms. The van der Waals surface area contributed by atoms with E-state index in [1.54, 1.807) is 0 Å². The summed E-state index contributed by atoms with van der Waals surface area (Å²) in [6, 6.07) is 0. The number of hydrogen-bond donors (Lipinski definition) is 1. The highest BCUT2D eigenvalue weighted by Gasteiger charge is 2.19. The Morgan fingerprint density at radius 3 is 2.25 bits per heavy atom. The second-order valence-corrected chi connectivity index (χ2v) is 3.64. The van der Waals surface area contributed by atoms with E-state index < -0.39 is 0 Å². The number of ether oxygens (including phenoxy) is 2. The zero-order valence-electron chi connectivity index (χ0n) is 7.42. The van der Waals surface area contributed by atoms with E-state index in [4.69, 9.17) is 9.47 Å². The van der Waals surface area contributed by atoms with Gasteiger partial charge in [0, 0.05) is 13.1 Å². The topological polar surface area (TPSA) is 30.5 Å². The van der Waals surface area contributed by atoms with Crippen LogP contribution in [0.15, 0.2) is 0 Å². The summed E-state index contributed by atoms with van der Waals surface area (Å²) < 4.78 is 11.0. The first kappa shape index (κ1) is 8.48. The van der Waals surface area contributed by atoms with Crippen LogP contribution >= 0.6 is 0 Å². The Kier molecular flexibility index (Phi) is 2.98. The molecule has 3 nitrogen and oxygen atoms in total. The summed E-state index contributed by atoms with van der Waals surface area (Å²) in [5, 5.41) is 3.16. The minimum Gasteiger partial charge on any atom is -0.352 e. The molecule has 3 heteroatoms. The standard InChI is InChI=1S/C9H17NO2/c1-2-4-8(3-1)11-7-12-9-5-10-6-9/h8-10H,1-7H2. The third kappa shape index (κ3) is 2.19. The van der Waals surface area contributed by atoms with Crippen LogP contribution in [0, 0.1) is 0 Å². The van der Waals surface area contributed by atoms with Crippen LogP contribution in [0.25, 0.3) is 0 Å². The summed E-state index contributed by atoms with van der Waals surface area (Å²) in [7, 11) is 0. The fraction of sp³-hybridized carbons (Fsp3) is 1.00. The molecule has 12 heavy (non-hydrogen) atoms. The van der Waals surface area contributed by atoms with Crippen molar-refractivity contribution in [1.29, 1.82) is 0 Å². The van der Waals surface area contributed by atoms with Crippen LogP contribution in [0.4, 0.5) is 0 Å². The monoisotopic (exact) mass is 171 g/mol. The van der Waals surface area contributed by atoms with E-state index in [2.05, 4.69) is 5.32 Å². The van der Waals surface area contributed by atoms with Crippen molar-refractivity contribution in [2.24, 2.45) is 0 Å². The molecule has 1 saturated heterocycles. The highest BCUT2D eigenvalue weighted by atomic mass is 16.7. The van der Waals surface area contributed by atoms with E-state index in [1.165, 1.54) is 25.7 Å². The van der Waals surface area contributed by atoms with Crippen LogP contribution in [0.1, 0.15) is 25.7 Å². The molecule has 1 N–H and O–H groups in total. The van der Waals surface area contributed by atoms with Gasteiger partial charge in [-0.15, -0.1) is 0 Å². The molecule has 2 rings (SSSR count). The smallest absolute Gasteiger partial charge is 0.147 e. The van der Waals surface area contributed by atoms with Crippen molar-refractivity contribution in [3.05, 3.63) is 0 Å². The maximum Gasteiger partial charge on any atom is 0.147 e. The molecule has 0 amide bonds. The largest absolute Gasteiger partial charge is 0.352 e. The second-order valence-electron chi connectivity index (χ2n) is 3.64. The minimum atomic E-state index is 0.409. The normalized spacial score (nSPS) is 26.0. The fourth-order valence-corrected chi connectivity index (χ4v) is 1.67. The van der Waals surface area contributed by atoms with E-state index in [1.807, 2.05) is 0 Å². The Morgan fingerprint density at radius 1 is 1.00 bits per heavy atom. The van der Waals surface area contributed by atoms with Crippen molar-refractivity contribution < 1.29 is 9.47 Å². The van der Waals surface area contributed by atoms with Gasteiger partial charge in [0.2, 0.25) is 0 Å². The van der Waals surface area contributed by atoms with Crippen molar-refractivity contribution >= 4 is 0 Å². The Morgan fingerprint density at radius 2 is 1.67 bits per heavy atom. The number of hydrogen-bond acceptors (Lipinski definition) is 3. The van der Waals surface area contributed by atoms with Gasteiger partial charge in [0.05, 0.1) is 12.2 Å². The lowest BCUT2D eigenvalue weighted by Gasteiger charge is -2.27. The van der Waals surface area contributed by atoms with Gasteiger partial charge in [0.15, 0.2) is 0 Å².